The topological polar surface area (TPSA) is 63.6 Å². The Morgan fingerprint density at radius 3 is 2.63 bits per heavy atom. The molecule has 0 unspecified atom stereocenters. The lowest BCUT2D eigenvalue weighted by atomic mass is 10.2. The predicted octanol–water partition coefficient (Wildman–Crippen LogP) is 4.39. The molecule has 4 aromatic rings. The minimum atomic E-state index is -0.688. The van der Waals surface area contributed by atoms with Crippen molar-refractivity contribution < 1.29 is 8.78 Å². The van der Waals surface area contributed by atoms with Gasteiger partial charge in [0.15, 0.2) is 0 Å². The van der Waals surface area contributed by atoms with Crippen LogP contribution in [0.2, 0.25) is 5.02 Å². The third kappa shape index (κ3) is 3.63. The van der Waals surface area contributed by atoms with Gasteiger partial charge in [0, 0.05) is 23.2 Å². The highest BCUT2D eigenvalue weighted by Crippen LogP contribution is 2.26. The molecule has 9 heteroatoms. The van der Waals surface area contributed by atoms with Crippen LogP contribution in [-0.2, 0) is 6.42 Å². The summed E-state index contributed by atoms with van der Waals surface area (Å²) in [6, 6.07) is 6.37. The highest BCUT2D eigenvalue weighted by molar-refractivity contribution is 9.10. The van der Waals surface area contributed by atoms with E-state index in [4.69, 9.17) is 11.6 Å². The summed E-state index contributed by atoms with van der Waals surface area (Å²) < 4.78 is 28.8. The maximum Gasteiger partial charge on any atom is 0.258 e. The molecule has 0 aliphatic heterocycles. The average Bonchev–Trinajstić information content (AvgIpc) is 3.04. The lowest BCUT2D eigenvalue weighted by Gasteiger charge is -2.04. The Balaban J connectivity index is 1.68. The molecule has 2 aromatic heterocycles. The van der Waals surface area contributed by atoms with E-state index in [1.807, 2.05) is 0 Å². The van der Waals surface area contributed by atoms with E-state index in [1.165, 1.54) is 16.8 Å². The van der Waals surface area contributed by atoms with Crippen molar-refractivity contribution in [3.05, 3.63) is 85.6 Å². The number of fused-ring (bicyclic) bond motifs is 1. The van der Waals surface area contributed by atoms with Crippen molar-refractivity contribution in [3.8, 4) is 5.69 Å². The van der Waals surface area contributed by atoms with Crippen molar-refractivity contribution in [2.45, 2.75) is 6.42 Å². The summed E-state index contributed by atoms with van der Waals surface area (Å²) in [7, 11) is 0. The van der Waals surface area contributed by atoms with Gasteiger partial charge in [0.1, 0.15) is 17.5 Å². The second-order valence-corrected chi connectivity index (χ2v) is 7.16. The van der Waals surface area contributed by atoms with Crippen LogP contribution in [0.15, 0.2) is 52.0 Å². The van der Waals surface area contributed by atoms with E-state index in [1.54, 1.807) is 24.5 Å². The van der Waals surface area contributed by atoms with Crippen LogP contribution in [0.5, 0.6) is 0 Å². The molecule has 0 atom stereocenters. The summed E-state index contributed by atoms with van der Waals surface area (Å²) in [6.07, 6.45) is 3.46. The number of aromatic amines is 1. The Labute approximate surface area is 164 Å². The van der Waals surface area contributed by atoms with E-state index in [-0.39, 0.29) is 11.2 Å². The molecule has 5 nitrogen and oxygen atoms in total. The monoisotopic (exact) mass is 450 g/mol. The fourth-order valence-electron chi connectivity index (χ4n) is 2.72. The zero-order valence-electron chi connectivity index (χ0n) is 13.5. The Morgan fingerprint density at radius 1 is 1.15 bits per heavy atom. The summed E-state index contributed by atoms with van der Waals surface area (Å²) in [5.41, 5.74) is 1.18. The first-order valence-electron chi connectivity index (χ1n) is 7.77. The quantitative estimate of drug-likeness (QED) is 0.502. The van der Waals surface area contributed by atoms with Gasteiger partial charge in [0.2, 0.25) is 0 Å². The molecule has 27 heavy (non-hydrogen) atoms. The fourth-order valence-corrected chi connectivity index (χ4v) is 3.22. The number of hydrogen-bond donors (Lipinski definition) is 1. The SMILES string of the molecule is O=c1[nH]c(Cc2cnn(-c3cc(F)cc(F)c3)c2)nc2cc(Br)c(Cl)cc12. The minimum absolute atomic E-state index is 0.261. The molecule has 0 aliphatic carbocycles. The second-order valence-electron chi connectivity index (χ2n) is 5.89. The Bertz CT molecular complexity index is 1220. The predicted molar refractivity (Wildman–Crippen MR) is 101 cm³/mol. The van der Waals surface area contributed by atoms with Crippen LogP contribution in [0.1, 0.15) is 11.4 Å². The minimum Gasteiger partial charge on any atom is -0.310 e. The molecule has 2 aromatic carbocycles. The van der Waals surface area contributed by atoms with Crippen LogP contribution >= 0.6 is 27.5 Å². The van der Waals surface area contributed by atoms with Crippen molar-refractivity contribution in [2.24, 2.45) is 0 Å². The molecule has 0 saturated carbocycles. The van der Waals surface area contributed by atoms with Gasteiger partial charge in [-0.3, -0.25) is 4.79 Å². The zero-order valence-corrected chi connectivity index (χ0v) is 15.9. The number of benzene rings is 2. The highest BCUT2D eigenvalue weighted by Gasteiger charge is 2.10. The van der Waals surface area contributed by atoms with E-state index in [2.05, 4.69) is 31.0 Å². The summed E-state index contributed by atoms with van der Waals surface area (Å²) >= 11 is 9.33. The summed E-state index contributed by atoms with van der Waals surface area (Å²) in [6.45, 7) is 0. The van der Waals surface area contributed by atoms with E-state index >= 15 is 0 Å². The summed E-state index contributed by atoms with van der Waals surface area (Å²) in [5, 5.41) is 4.92. The first kappa shape index (κ1) is 17.8. The molecule has 0 aliphatic rings. The van der Waals surface area contributed by atoms with E-state index < -0.39 is 11.6 Å². The fraction of sp³-hybridized carbons (Fsp3) is 0.0556. The van der Waals surface area contributed by atoms with E-state index in [0.717, 1.165) is 11.6 Å². The Hall–Kier alpha value is -2.58. The van der Waals surface area contributed by atoms with Gasteiger partial charge >= 0.3 is 0 Å². The molecular weight excluding hydrogens is 442 g/mol. The van der Waals surface area contributed by atoms with Crippen molar-refractivity contribution in [2.75, 3.05) is 0 Å². The zero-order chi connectivity index (χ0) is 19.1. The number of nitrogens with zero attached hydrogens (tertiary/aromatic N) is 3. The lowest BCUT2D eigenvalue weighted by Crippen LogP contribution is -2.12. The number of halogens is 4. The molecule has 0 amide bonds. The van der Waals surface area contributed by atoms with Gasteiger partial charge in [-0.25, -0.2) is 18.4 Å². The third-order valence-corrected chi connectivity index (χ3v) is 5.11. The van der Waals surface area contributed by atoms with Gasteiger partial charge in [0.25, 0.3) is 5.56 Å². The van der Waals surface area contributed by atoms with Crippen molar-refractivity contribution >= 4 is 38.4 Å². The molecule has 0 bridgehead atoms. The maximum atomic E-state index is 13.4. The van der Waals surface area contributed by atoms with Gasteiger partial charge in [0.05, 0.1) is 27.8 Å². The van der Waals surface area contributed by atoms with Gasteiger partial charge in [-0.1, -0.05) is 11.6 Å². The highest BCUT2D eigenvalue weighted by atomic mass is 79.9. The summed E-state index contributed by atoms with van der Waals surface area (Å²) in [5.74, 6) is -0.940. The van der Waals surface area contributed by atoms with Crippen LogP contribution < -0.4 is 5.56 Å². The van der Waals surface area contributed by atoms with Crippen molar-refractivity contribution in [1.29, 1.82) is 0 Å². The molecule has 0 saturated heterocycles. The van der Waals surface area contributed by atoms with Crippen LogP contribution in [0, 0.1) is 11.6 Å². The summed E-state index contributed by atoms with van der Waals surface area (Å²) in [4.78, 5) is 19.4. The molecule has 1 N–H and O–H groups in total. The second kappa shape index (κ2) is 6.86. The Kier molecular flexibility index (Phi) is 4.53. The number of H-pyrrole nitrogens is 1. The smallest absolute Gasteiger partial charge is 0.258 e. The largest absolute Gasteiger partial charge is 0.310 e. The molecule has 0 fully saturated rings. The van der Waals surface area contributed by atoms with Crippen molar-refractivity contribution in [1.82, 2.24) is 19.7 Å². The molecular formula is C18H10BrClF2N4O. The number of aromatic nitrogens is 4. The molecule has 4 rings (SSSR count). The first-order chi connectivity index (χ1) is 12.9. The number of rotatable bonds is 3. The molecule has 2 heterocycles. The van der Waals surface area contributed by atoms with Crippen LogP contribution in [0.25, 0.3) is 16.6 Å². The first-order valence-corrected chi connectivity index (χ1v) is 8.94. The normalized spacial score (nSPS) is 11.3. The average molecular weight is 452 g/mol. The van der Waals surface area contributed by atoms with Gasteiger partial charge in [-0.15, -0.1) is 0 Å². The van der Waals surface area contributed by atoms with Crippen LogP contribution in [0.3, 0.4) is 0 Å². The lowest BCUT2D eigenvalue weighted by molar-refractivity contribution is 0.580. The van der Waals surface area contributed by atoms with Gasteiger partial charge < -0.3 is 4.98 Å². The Morgan fingerprint density at radius 2 is 1.89 bits per heavy atom. The van der Waals surface area contributed by atoms with Gasteiger partial charge in [-0.05, 0) is 45.8 Å². The molecule has 136 valence electrons. The van der Waals surface area contributed by atoms with Crippen molar-refractivity contribution in [3.63, 3.8) is 0 Å². The maximum absolute atomic E-state index is 13.4. The van der Waals surface area contributed by atoms with Crippen LogP contribution in [-0.4, -0.2) is 19.7 Å². The van der Waals surface area contributed by atoms with E-state index in [9.17, 15) is 13.6 Å². The number of hydrogen-bond acceptors (Lipinski definition) is 3. The molecule has 0 radical (unpaired) electrons. The van der Waals surface area contributed by atoms with Crippen LogP contribution in [0.4, 0.5) is 8.78 Å². The third-order valence-electron chi connectivity index (χ3n) is 3.92. The van der Waals surface area contributed by atoms with Gasteiger partial charge in [-0.2, -0.15) is 5.10 Å². The standard InChI is InChI=1S/C18H10BrClF2N4O/c19-14-6-16-13(5-15(14)20)18(27)25-17(24-16)1-9-7-23-26(8-9)12-3-10(21)2-11(22)4-12/h2-8H,1H2,(H,24,25,27). The molecule has 0 spiro atoms. The number of nitrogens with one attached hydrogen (secondary N) is 1. The van der Waals surface area contributed by atoms with E-state index in [0.29, 0.717) is 32.6 Å².